The second kappa shape index (κ2) is 30.1. The minimum Gasteiger partial charge on any atom is -0.387 e. The van der Waals surface area contributed by atoms with Crippen LogP contribution in [0.3, 0.4) is 0 Å². The zero-order valence-corrected chi connectivity index (χ0v) is 28.5. The Morgan fingerprint density at radius 1 is 0.619 bits per heavy atom. The third kappa shape index (κ3) is 30.5. The van der Waals surface area contributed by atoms with Gasteiger partial charge in [-0.1, -0.05) is 174 Å². The fourth-order valence-corrected chi connectivity index (χ4v) is 6.24. The van der Waals surface area contributed by atoms with Crippen molar-refractivity contribution in [2.75, 3.05) is 5.75 Å². The molecule has 0 aliphatic heterocycles. The number of unbranched alkanes of at least 4 members (excludes halogenated alkanes) is 24. The van der Waals surface area contributed by atoms with Crippen LogP contribution in [0.5, 0.6) is 0 Å². The standard InChI is InChI=1S/C35H69NO5S/c1-3-5-7-9-11-12-13-14-15-16-17-18-19-20-21-22-23-24-25-27-29-31-35(38)36-33(32-42(39,40)41)34(37)30-28-26-10-8-6-4-2/h28,30,33-34,37H,3-27,29,31-32H2,1-2H3,(H,36,38)(H,39,40,41)/b30-28+. The third-order valence-electron chi connectivity index (χ3n) is 8.21. The van der Waals surface area contributed by atoms with Crippen LogP contribution >= 0.6 is 0 Å². The first-order valence-corrected chi connectivity index (χ1v) is 19.5. The molecule has 0 aromatic heterocycles. The normalized spacial score (nSPS) is 13.5. The smallest absolute Gasteiger partial charge is 0.267 e. The van der Waals surface area contributed by atoms with E-state index in [4.69, 9.17) is 0 Å². The van der Waals surface area contributed by atoms with E-state index in [-0.39, 0.29) is 5.91 Å². The van der Waals surface area contributed by atoms with Crippen molar-refractivity contribution in [3.63, 3.8) is 0 Å². The van der Waals surface area contributed by atoms with Crippen molar-refractivity contribution < 1.29 is 22.9 Å². The summed E-state index contributed by atoms with van der Waals surface area (Å²) in [5.74, 6) is -0.976. The number of carbonyl (C=O) groups is 1. The van der Waals surface area contributed by atoms with Gasteiger partial charge < -0.3 is 10.4 Å². The minimum atomic E-state index is -4.32. The number of rotatable bonds is 32. The van der Waals surface area contributed by atoms with Crippen LogP contribution in [0.25, 0.3) is 0 Å². The molecule has 6 nitrogen and oxygen atoms in total. The number of aliphatic hydroxyl groups excluding tert-OH is 1. The van der Waals surface area contributed by atoms with Crippen LogP contribution in [0.2, 0.25) is 0 Å². The van der Waals surface area contributed by atoms with Gasteiger partial charge in [0.05, 0.1) is 17.9 Å². The van der Waals surface area contributed by atoms with Crippen molar-refractivity contribution in [2.24, 2.45) is 0 Å². The van der Waals surface area contributed by atoms with Crippen LogP contribution in [0.15, 0.2) is 12.2 Å². The van der Waals surface area contributed by atoms with Gasteiger partial charge in [0.2, 0.25) is 5.91 Å². The molecule has 0 aliphatic carbocycles. The largest absolute Gasteiger partial charge is 0.387 e. The van der Waals surface area contributed by atoms with E-state index in [0.29, 0.717) is 6.42 Å². The van der Waals surface area contributed by atoms with Gasteiger partial charge in [-0.3, -0.25) is 9.35 Å². The molecule has 0 bridgehead atoms. The Balaban J connectivity index is 3.72. The first-order valence-electron chi connectivity index (χ1n) is 17.9. The number of allylic oxidation sites excluding steroid dienone is 1. The number of hydrogen-bond donors (Lipinski definition) is 3. The Bertz CT molecular complexity index is 725. The molecule has 0 aromatic carbocycles. The van der Waals surface area contributed by atoms with Crippen LogP contribution in [-0.4, -0.2) is 41.9 Å². The molecule has 2 atom stereocenters. The molecule has 1 amide bonds. The van der Waals surface area contributed by atoms with Crippen LogP contribution in [-0.2, 0) is 14.9 Å². The van der Waals surface area contributed by atoms with Crippen molar-refractivity contribution in [3.05, 3.63) is 12.2 Å². The molecule has 0 radical (unpaired) electrons. The average molecular weight is 616 g/mol. The van der Waals surface area contributed by atoms with Gasteiger partial charge in [0.15, 0.2) is 0 Å². The van der Waals surface area contributed by atoms with Gasteiger partial charge in [-0.25, -0.2) is 0 Å². The quantitative estimate of drug-likeness (QED) is 0.0397. The Hall–Kier alpha value is -0.920. The maximum Gasteiger partial charge on any atom is 0.267 e. The molecule has 0 saturated carbocycles. The highest BCUT2D eigenvalue weighted by molar-refractivity contribution is 7.85. The molecule has 0 aliphatic rings. The molecule has 250 valence electrons. The summed E-state index contributed by atoms with van der Waals surface area (Å²) in [7, 11) is -4.32. The van der Waals surface area contributed by atoms with Crippen molar-refractivity contribution in [1.29, 1.82) is 0 Å². The summed E-state index contributed by atoms with van der Waals surface area (Å²) in [6.07, 6.45) is 35.2. The molecule has 7 heteroatoms. The van der Waals surface area contributed by atoms with Gasteiger partial charge in [0.1, 0.15) is 0 Å². The highest BCUT2D eigenvalue weighted by Gasteiger charge is 2.24. The van der Waals surface area contributed by atoms with Crippen molar-refractivity contribution in [3.8, 4) is 0 Å². The van der Waals surface area contributed by atoms with Crippen molar-refractivity contribution >= 4 is 16.0 Å². The molecule has 0 rings (SSSR count). The van der Waals surface area contributed by atoms with Gasteiger partial charge >= 0.3 is 0 Å². The maximum absolute atomic E-state index is 12.4. The lowest BCUT2D eigenvalue weighted by Crippen LogP contribution is -2.46. The summed E-state index contributed by atoms with van der Waals surface area (Å²) in [6, 6.07) is -1.05. The van der Waals surface area contributed by atoms with Crippen molar-refractivity contribution in [2.45, 2.75) is 199 Å². The lowest BCUT2D eigenvalue weighted by Gasteiger charge is -2.21. The molecule has 2 unspecified atom stereocenters. The predicted molar refractivity (Wildman–Crippen MR) is 180 cm³/mol. The number of amides is 1. The monoisotopic (exact) mass is 615 g/mol. The molecule has 3 N–H and O–H groups in total. The minimum absolute atomic E-state index is 0.281. The van der Waals surface area contributed by atoms with E-state index in [1.54, 1.807) is 0 Å². The molecule has 0 fully saturated rings. The third-order valence-corrected chi connectivity index (χ3v) is 8.99. The first kappa shape index (κ1) is 41.1. The summed E-state index contributed by atoms with van der Waals surface area (Å²) in [6.45, 7) is 4.42. The van der Waals surface area contributed by atoms with E-state index in [9.17, 15) is 22.9 Å². The summed E-state index contributed by atoms with van der Waals surface area (Å²) < 4.78 is 32.1. The number of aliphatic hydroxyl groups is 1. The Kier molecular flexibility index (Phi) is 29.5. The van der Waals surface area contributed by atoms with Gasteiger partial charge in [0, 0.05) is 6.42 Å². The Labute approximate surface area is 261 Å². The molecule has 0 saturated heterocycles. The predicted octanol–water partition coefficient (Wildman–Crippen LogP) is 9.85. The summed E-state index contributed by atoms with van der Waals surface area (Å²) in [4.78, 5) is 12.4. The second-order valence-corrected chi connectivity index (χ2v) is 14.0. The lowest BCUT2D eigenvalue weighted by molar-refractivity contribution is -0.122. The van der Waals surface area contributed by atoms with Crippen LogP contribution in [0.4, 0.5) is 0 Å². The van der Waals surface area contributed by atoms with Gasteiger partial charge in [-0.05, 0) is 19.3 Å². The fourth-order valence-electron chi connectivity index (χ4n) is 5.51. The summed E-state index contributed by atoms with van der Waals surface area (Å²) in [5, 5.41) is 13.0. The first-order chi connectivity index (χ1) is 20.3. The Morgan fingerprint density at radius 2 is 0.976 bits per heavy atom. The van der Waals surface area contributed by atoms with Crippen molar-refractivity contribution in [1.82, 2.24) is 5.32 Å². The zero-order chi connectivity index (χ0) is 31.2. The van der Waals surface area contributed by atoms with E-state index in [1.165, 1.54) is 122 Å². The summed E-state index contributed by atoms with van der Waals surface area (Å²) in [5.41, 5.74) is 0. The van der Waals surface area contributed by atoms with E-state index in [0.717, 1.165) is 51.4 Å². The Morgan fingerprint density at radius 3 is 1.36 bits per heavy atom. The number of nitrogens with one attached hydrogen (secondary N) is 1. The van der Waals surface area contributed by atoms with E-state index < -0.39 is 28.0 Å². The maximum atomic E-state index is 12.4. The van der Waals surface area contributed by atoms with Crippen LogP contribution in [0, 0.1) is 0 Å². The fraction of sp³-hybridized carbons (Fsp3) is 0.914. The highest BCUT2D eigenvalue weighted by atomic mass is 32.2. The van der Waals surface area contributed by atoms with E-state index in [1.807, 2.05) is 6.08 Å². The number of hydrogen-bond acceptors (Lipinski definition) is 4. The molecule has 0 aromatic rings. The molecule has 42 heavy (non-hydrogen) atoms. The van der Waals surface area contributed by atoms with E-state index in [2.05, 4.69) is 19.2 Å². The highest BCUT2D eigenvalue weighted by Crippen LogP contribution is 2.15. The SMILES string of the molecule is CCCCCC/C=C/C(O)C(CS(=O)(=O)O)NC(=O)CCCCCCCCCCCCCCCCCCCCCCC. The van der Waals surface area contributed by atoms with Gasteiger partial charge in [-0.15, -0.1) is 0 Å². The number of carbonyl (C=O) groups excluding carboxylic acids is 1. The van der Waals surface area contributed by atoms with E-state index >= 15 is 0 Å². The zero-order valence-electron chi connectivity index (χ0n) is 27.6. The van der Waals surface area contributed by atoms with Crippen LogP contribution in [0.1, 0.15) is 187 Å². The summed E-state index contributed by atoms with van der Waals surface area (Å²) >= 11 is 0. The average Bonchev–Trinajstić information content (AvgIpc) is 2.94. The topological polar surface area (TPSA) is 104 Å². The molecular weight excluding hydrogens is 546 g/mol. The van der Waals surface area contributed by atoms with Gasteiger partial charge in [0.25, 0.3) is 10.1 Å². The second-order valence-electron chi connectivity index (χ2n) is 12.5. The van der Waals surface area contributed by atoms with Crippen LogP contribution < -0.4 is 5.32 Å². The lowest BCUT2D eigenvalue weighted by atomic mass is 10.0. The molecule has 0 spiro atoms. The molecular formula is C35H69NO5S. The molecule has 0 heterocycles. The van der Waals surface area contributed by atoms with Gasteiger partial charge in [-0.2, -0.15) is 8.42 Å².